The summed E-state index contributed by atoms with van der Waals surface area (Å²) in [5, 5.41) is 0.235. The molecule has 1 aromatic heterocycles. The molecule has 0 saturated carbocycles. The minimum absolute atomic E-state index is 0.147. The normalized spacial score (nSPS) is 11.2. The van der Waals surface area contributed by atoms with E-state index in [0.29, 0.717) is 5.75 Å². The Labute approximate surface area is 174 Å². The first kappa shape index (κ1) is 22.9. The second-order valence-electron chi connectivity index (χ2n) is 7.05. The lowest BCUT2D eigenvalue weighted by atomic mass is 10.1. The molecule has 1 aromatic carbocycles. The molecule has 1 heterocycles. The number of ether oxygens (including phenoxy) is 3. The van der Waals surface area contributed by atoms with Crippen molar-refractivity contribution in [2.75, 3.05) is 6.61 Å². The Morgan fingerprint density at radius 1 is 0.967 bits per heavy atom. The van der Waals surface area contributed by atoms with Crippen molar-refractivity contribution in [3.63, 3.8) is 0 Å². The lowest BCUT2D eigenvalue weighted by molar-refractivity contribution is -0.134. The molecule has 7 heteroatoms. The highest BCUT2D eigenvalue weighted by Crippen LogP contribution is 2.39. The van der Waals surface area contributed by atoms with Gasteiger partial charge in [0.2, 0.25) is 0 Å². The first-order valence-corrected chi connectivity index (χ1v) is 9.57. The quantitative estimate of drug-likeness (QED) is 0.351. The highest BCUT2D eigenvalue weighted by atomic mass is 16.6. The van der Waals surface area contributed by atoms with Crippen LogP contribution in [-0.2, 0) is 9.59 Å². The Bertz CT molecular complexity index is 1050. The van der Waals surface area contributed by atoms with Gasteiger partial charge in [-0.1, -0.05) is 23.3 Å². The number of benzene rings is 1. The van der Waals surface area contributed by atoms with Crippen LogP contribution in [-0.4, -0.2) is 18.5 Å². The first-order valence-electron chi connectivity index (χ1n) is 9.57. The fourth-order valence-corrected chi connectivity index (χ4v) is 2.73. The van der Waals surface area contributed by atoms with Gasteiger partial charge in [0.25, 0.3) is 5.75 Å². The molecule has 2 rings (SSSR count). The van der Waals surface area contributed by atoms with Crippen LogP contribution in [0.3, 0.4) is 0 Å². The smallest absolute Gasteiger partial charge is 0.383 e. The third kappa shape index (κ3) is 6.34. The fraction of sp³-hybridized carbons (Fsp3) is 0.348. The molecular formula is C23H26O7. The van der Waals surface area contributed by atoms with E-state index < -0.39 is 23.3 Å². The highest BCUT2D eigenvalue weighted by molar-refractivity contribution is 5.94. The summed E-state index contributed by atoms with van der Waals surface area (Å²) in [6, 6.07) is 4.84. The largest absolute Gasteiger partial charge is 0.489 e. The zero-order chi connectivity index (χ0) is 22.3. The van der Waals surface area contributed by atoms with Crippen molar-refractivity contribution in [3.05, 3.63) is 51.9 Å². The Hall–Kier alpha value is -3.35. The maximum Gasteiger partial charge on any atom is 0.383 e. The van der Waals surface area contributed by atoms with E-state index in [2.05, 4.69) is 19.9 Å². The van der Waals surface area contributed by atoms with E-state index in [1.54, 1.807) is 12.1 Å². The van der Waals surface area contributed by atoms with E-state index >= 15 is 0 Å². The van der Waals surface area contributed by atoms with Crippen LogP contribution in [0.4, 0.5) is 0 Å². The van der Waals surface area contributed by atoms with Gasteiger partial charge in [0.05, 0.1) is 0 Å². The molecule has 0 unspecified atom stereocenters. The molecule has 0 radical (unpaired) electrons. The number of carbonyl (C=O) groups excluding carboxylic acids is 2. The lowest BCUT2D eigenvalue weighted by Gasteiger charge is -2.13. The van der Waals surface area contributed by atoms with Crippen molar-refractivity contribution in [2.24, 2.45) is 0 Å². The molecule has 7 nitrogen and oxygen atoms in total. The van der Waals surface area contributed by atoms with Crippen LogP contribution < -0.4 is 19.8 Å². The summed E-state index contributed by atoms with van der Waals surface area (Å²) in [5.74, 6) is -1.80. The van der Waals surface area contributed by atoms with Crippen LogP contribution in [0.2, 0.25) is 0 Å². The molecule has 160 valence electrons. The second kappa shape index (κ2) is 10.4. The van der Waals surface area contributed by atoms with Gasteiger partial charge in [0.1, 0.15) is 23.3 Å². The zero-order valence-electron chi connectivity index (χ0n) is 17.9. The van der Waals surface area contributed by atoms with Gasteiger partial charge in [-0.25, -0.2) is 4.79 Å². The monoisotopic (exact) mass is 414 g/mol. The molecular weight excluding hydrogens is 388 g/mol. The predicted molar refractivity (Wildman–Crippen MR) is 113 cm³/mol. The minimum Gasteiger partial charge on any atom is -0.489 e. The molecule has 2 aromatic rings. The molecule has 0 aliphatic heterocycles. The Morgan fingerprint density at radius 2 is 1.63 bits per heavy atom. The summed E-state index contributed by atoms with van der Waals surface area (Å²) in [6.07, 6.45) is 5.99. The summed E-state index contributed by atoms with van der Waals surface area (Å²) in [4.78, 5) is 35.3. The van der Waals surface area contributed by atoms with Gasteiger partial charge in [-0.3, -0.25) is 9.59 Å². The van der Waals surface area contributed by atoms with E-state index in [1.165, 1.54) is 24.1 Å². The van der Waals surface area contributed by atoms with E-state index in [-0.39, 0.29) is 23.3 Å². The van der Waals surface area contributed by atoms with Crippen LogP contribution in [0.15, 0.2) is 50.7 Å². The van der Waals surface area contributed by atoms with Gasteiger partial charge in [-0.2, -0.15) is 0 Å². The summed E-state index contributed by atoms with van der Waals surface area (Å²) < 4.78 is 21.2. The van der Waals surface area contributed by atoms with Crippen LogP contribution in [0.5, 0.6) is 17.2 Å². The molecule has 0 aliphatic rings. The topological polar surface area (TPSA) is 92.0 Å². The molecule has 0 fully saturated rings. The van der Waals surface area contributed by atoms with E-state index in [1.807, 2.05) is 13.0 Å². The molecule has 0 aliphatic carbocycles. The Balaban J connectivity index is 2.40. The average molecular weight is 414 g/mol. The standard InChI is InChI=1S/C23H26O7/c1-14(2)8-6-9-15(3)12-13-27-18-10-7-11-19-20(18)21(28-16(4)24)22(23(26)30-19)29-17(5)25/h7-8,10-12H,6,9,13H2,1-5H3/b15-12+. The number of hydrogen-bond acceptors (Lipinski definition) is 7. The average Bonchev–Trinajstić information content (AvgIpc) is 2.63. The summed E-state index contributed by atoms with van der Waals surface area (Å²) in [5.41, 5.74) is 1.66. The molecule has 0 spiro atoms. The fourth-order valence-electron chi connectivity index (χ4n) is 2.73. The SMILES string of the molecule is CC(=O)Oc1c(OC(C)=O)c2c(OC/C=C(\C)CCC=C(C)C)cccc2oc1=O. The molecule has 0 atom stereocenters. The van der Waals surface area contributed by atoms with Gasteiger partial charge in [0, 0.05) is 13.8 Å². The van der Waals surface area contributed by atoms with Gasteiger partial charge in [-0.05, 0) is 51.8 Å². The summed E-state index contributed by atoms with van der Waals surface area (Å²) in [7, 11) is 0. The highest BCUT2D eigenvalue weighted by Gasteiger charge is 2.23. The van der Waals surface area contributed by atoms with Crippen LogP contribution >= 0.6 is 0 Å². The van der Waals surface area contributed by atoms with Crippen molar-refractivity contribution >= 4 is 22.9 Å². The minimum atomic E-state index is -0.930. The Kier molecular flexibility index (Phi) is 7.98. The van der Waals surface area contributed by atoms with Gasteiger partial charge in [-0.15, -0.1) is 0 Å². The number of rotatable bonds is 8. The molecule has 0 amide bonds. The number of fused-ring (bicyclic) bond motifs is 1. The van der Waals surface area contributed by atoms with Crippen LogP contribution in [0.25, 0.3) is 11.0 Å². The number of esters is 2. The van der Waals surface area contributed by atoms with E-state index in [9.17, 15) is 14.4 Å². The first-order chi connectivity index (χ1) is 14.2. The summed E-state index contributed by atoms with van der Waals surface area (Å²) in [6.45, 7) is 8.72. The second-order valence-corrected chi connectivity index (χ2v) is 7.05. The zero-order valence-corrected chi connectivity index (χ0v) is 17.9. The van der Waals surface area contributed by atoms with Crippen molar-refractivity contribution in [2.45, 2.75) is 47.5 Å². The maximum absolute atomic E-state index is 12.2. The van der Waals surface area contributed by atoms with Crippen molar-refractivity contribution in [1.82, 2.24) is 0 Å². The van der Waals surface area contributed by atoms with Crippen molar-refractivity contribution in [3.8, 4) is 17.2 Å². The molecule has 0 N–H and O–H groups in total. The van der Waals surface area contributed by atoms with E-state index in [0.717, 1.165) is 19.8 Å². The van der Waals surface area contributed by atoms with Crippen molar-refractivity contribution < 1.29 is 28.2 Å². The number of hydrogen-bond donors (Lipinski definition) is 0. The predicted octanol–water partition coefficient (Wildman–Crippen LogP) is 4.72. The number of carbonyl (C=O) groups is 2. The third-order valence-corrected chi connectivity index (χ3v) is 4.06. The summed E-state index contributed by atoms with van der Waals surface area (Å²) >= 11 is 0. The van der Waals surface area contributed by atoms with E-state index in [4.69, 9.17) is 18.6 Å². The third-order valence-electron chi connectivity index (χ3n) is 4.06. The van der Waals surface area contributed by atoms with Gasteiger partial charge < -0.3 is 18.6 Å². The van der Waals surface area contributed by atoms with Crippen LogP contribution in [0, 0.1) is 0 Å². The number of allylic oxidation sites excluding steroid dienone is 3. The molecule has 30 heavy (non-hydrogen) atoms. The Morgan fingerprint density at radius 3 is 2.27 bits per heavy atom. The van der Waals surface area contributed by atoms with Crippen molar-refractivity contribution in [1.29, 1.82) is 0 Å². The molecule has 0 bridgehead atoms. The van der Waals surface area contributed by atoms with Crippen LogP contribution in [0.1, 0.15) is 47.5 Å². The maximum atomic E-state index is 12.2. The van der Waals surface area contributed by atoms with Gasteiger partial charge in [0.15, 0.2) is 5.75 Å². The molecule has 0 saturated heterocycles. The lowest BCUT2D eigenvalue weighted by Crippen LogP contribution is -2.15. The van der Waals surface area contributed by atoms with Gasteiger partial charge >= 0.3 is 17.6 Å².